The van der Waals surface area contributed by atoms with Gasteiger partial charge in [0.2, 0.25) is 0 Å². The van der Waals surface area contributed by atoms with E-state index in [1.54, 1.807) is 0 Å². The molecule has 1 aliphatic rings. The molecule has 2 aromatic rings. The molecule has 0 aliphatic heterocycles. The molecular formula is C16H23N3O. The van der Waals surface area contributed by atoms with Gasteiger partial charge in [0, 0.05) is 11.4 Å². The summed E-state index contributed by atoms with van der Waals surface area (Å²) in [4.78, 5) is 0. The summed E-state index contributed by atoms with van der Waals surface area (Å²) in [6.07, 6.45) is 8.17. The number of aromatic nitrogens is 2. The van der Waals surface area contributed by atoms with E-state index in [2.05, 4.69) is 28.5 Å². The molecule has 108 valence electrons. The highest BCUT2D eigenvalue weighted by atomic mass is 16.5. The van der Waals surface area contributed by atoms with Gasteiger partial charge in [-0.1, -0.05) is 6.92 Å². The highest BCUT2D eigenvalue weighted by molar-refractivity contribution is 5.79. The lowest BCUT2D eigenvalue weighted by molar-refractivity contribution is 0.135. The van der Waals surface area contributed by atoms with Gasteiger partial charge >= 0.3 is 0 Å². The fourth-order valence-electron chi connectivity index (χ4n) is 2.97. The molecule has 0 radical (unpaired) electrons. The van der Waals surface area contributed by atoms with Gasteiger partial charge in [-0.25, -0.2) is 0 Å². The van der Waals surface area contributed by atoms with Crippen molar-refractivity contribution in [3.8, 4) is 5.75 Å². The van der Waals surface area contributed by atoms with Gasteiger partial charge in [-0.05, 0) is 56.8 Å². The zero-order valence-electron chi connectivity index (χ0n) is 12.1. The van der Waals surface area contributed by atoms with Gasteiger partial charge < -0.3 is 10.1 Å². The quantitative estimate of drug-likeness (QED) is 0.879. The standard InChI is InChI=1S/C16H23N3O/c1-2-8-17-13-4-3-5-14(10-13)20-15-6-7-16-12(9-15)11-18-19-16/h6-7,9,11,13-14,17H,2-5,8,10H2,1H3,(H,18,19). The molecule has 1 aliphatic carbocycles. The number of aromatic amines is 1. The molecule has 2 unspecified atom stereocenters. The van der Waals surface area contributed by atoms with Gasteiger partial charge in [-0.2, -0.15) is 5.10 Å². The first-order valence-electron chi connectivity index (χ1n) is 7.68. The van der Waals surface area contributed by atoms with Crippen molar-refractivity contribution in [3.05, 3.63) is 24.4 Å². The highest BCUT2D eigenvalue weighted by Gasteiger charge is 2.22. The van der Waals surface area contributed by atoms with Crippen LogP contribution in [0, 0.1) is 0 Å². The molecule has 4 heteroatoms. The van der Waals surface area contributed by atoms with Crippen LogP contribution in [0.25, 0.3) is 10.9 Å². The number of H-pyrrole nitrogens is 1. The number of hydrogen-bond donors (Lipinski definition) is 2. The summed E-state index contributed by atoms with van der Waals surface area (Å²) >= 11 is 0. The molecular weight excluding hydrogens is 250 g/mol. The predicted molar refractivity (Wildman–Crippen MR) is 81.1 cm³/mol. The monoisotopic (exact) mass is 273 g/mol. The van der Waals surface area contributed by atoms with Gasteiger partial charge in [0.05, 0.1) is 11.7 Å². The van der Waals surface area contributed by atoms with Crippen LogP contribution in [-0.2, 0) is 0 Å². The van der Waals surface area contributed by atoms with Crippen molar-refractivity contribution in [2.24, 2.45) is 0 Å². The molecule has 1 fully saturated rings. The Hall–Kier alpha value is -1.55. The van der Waals surface area contributed by atoms with Crippen LogP contribution in [0.15, 0.2) is 24.4 Å². The second-order valence-electron chi connectivity index (χ2n) is 5.68. The second kappa shape index (κ2) is 6.27. The zero-order chi connectivity index (χ0) is 13.8. The van der Waals surface area contributed by atoms with Crippen LogP contribution >= 0.6 is 0 Å². The van der Waals surface area contributed by atoms with E-state index < -0.39 is 0 Å². The Kier molecular flexibility index (Phi) is 4.21. The molecule has 2 atom stereocenters. The van der Waals surface area contributed by atoms with Crippen LogP contribution in [0.5, 0.6) is 5.75 Å². The van der Waals surface area contributed by atoms with Crippen LogP contribution in [0.4, 0.5) is 0 Å². The van der Waals surface area contributed by atoms with E-state index in [-0.39, 0.29) is 0 Å². The maximum atomic E-state index is 6.16. The molecule has 0 spiro atoms. The fraction of sp³-hybridized carbons (Fsp3) is 0.562. The van der Waals surface area contributed by atoms with Gasteiger partial charge in [-0.3, -0.25) is 5.10 Å². The van der Waals surface area contributed by atoms with E-state index in [1.807, 2.05) is 18.3 Å². The summed E-state index contributed by atoms with van der Waals surface area (Å²) in [5.74, 6) is 0.958. The Morgan fingerprint density at radius 3 is 3.25 bits per heavy atom. The third-order valence-electron chi connectivity index (χ3n) is 4.02. The Morgan fingerprint density at radius 1 is 1.40 bits per heavy atom. The summed E-state index contributed by atoms with van der Waals surface area (Å²) < 4.78 is 6.16. The molecule has 1 aromatic heterocycles. The number of benzene rings is 1. The highest BCUT2D eigenvalue weighted by Crippen LogP contribution is 2.26. The zero-order valence-corrected chi connectivity index (χ0v) is 12.1. The lowest BCUT2D eigenvalue weighted by Gasteiger charge is -2.30. The van der Waals surface area contributed by atoms with E-state index >= 15 is 0 Å². The maximum Gasteiger partial charge on any atom is 0.120 e. The molecule has 20 heavy (non-hydrogen) atoms. The first kappa shape index (κ1) is 13.4. The molecule has 3 rings (SSSR count). The molecule has 4 nitrogen and oxygen atoms in total. The molecule has 0 saturated heterocycles. The number of hydrogen-bond acceptors (Lipinski definition) is 3. The Bertz CT molecular complexity index is 551. The predicted octanol–water partition coefficient (Wildman–Crippen LogP) is 3.25. The minimum atomic E-state index is 0.336. The number of rotatable bonds is 5. The number of ether oxygens (including phenoxy) is 1. The lowest BCUT2D eigenvalue weighted by atomic mass is 9.92. The maximum absolute atomic E-state index is 6.16. The van der Waals surface area contributed by atoms with E-state index in [9.17, 15) is 0 Å². The molecule has 2 N–H and O–H groups in total. The first-order valence-corrected chi connectivity index (χ1v) is 7.68. The van der Waals surface area contributed by atoms with Crippen LogP contribution in [-0.4, -0.2) is 28.9 Å². The van der Waals surface area contributed by atoms with Gasteiger partial charge in [0.1, 0.15) is 11.9 Å². The van der Waals surface area contributed by atoms with Crippen molar-refractivity contribution in [2.45, 2.75) is 51.2 Å². The molecule has 0 bridgehead atoms. The van der Waals surface area contributed by atoms with Crippen LogP contribution in [0.3, 0.4) is 0 Å². The second-order valence-corrected chi connectivity index (χ2v) is 5.68. The van der Waals surface area contributed by atoms with Crippen LogP contribution in [0.1, 0.15) is 39.0 Å². The minimum absolute atomic E-state index is 0.336. The fourth-order valence-corrected chi connectivity index (χ4v) is 2.97. The summed E-state index contributed by atoms with van der Waals surface area (Å²) in [6.45, 7) is 3.32. The average Bonchev–Trinajstić information content (AvgIpc) is 2.93. The topological polar surface area (TPSA) is 49.9 Å². The Labute approximate surface area is 119 Å². The van der Waals surface area contributed by atoms with E-state index in [1.165, 1.54) is 19.3 Å². The number of nitrogens with zero attached hydrogens (tertiary/aromatic N) is 1. The van der Waals surface area contributed by atoms with Crippen molar-refractivity contribution < 1.29 is 4.74 Å². The van der Waals surface area contributed by atoms with E-state index in [0.717, 1.165) is 36.0 Å². The lowest BCUT2D eigenvalue weighted by Crippen LogP contribution is -2.38. The molecule has 1 saturated carbocycles. The summed E-state index contributed by atoms with van der Waals surface area (Å²) in [7, 11) is 0. The SMILES string of the molecule is CCCNC1CCCC(Oc2ccc3[nH]ncc3c2)C1. The van der Waals surface area contributed by atoms with Crippen molar-refractivity contribution in [1.29, 1.82) is 0 Å². The largest absolute Gasteiger partial charge is 0.490 e. The van der Waals surface area contributed by atoms with Crippen molar-refractivity contribution in [2.75, 3.05) is 6.54 Å². The van der Waals surface area contributed by atoms with Crippen molar-refractivity contribution in [1.82, 2.24) is 15.5 Å². The summed E-state index contributed by atoms with van der Waals surface area (Å²) in [6, 6.07) is 6.75. The van der Waals surface area contributed by atoms with Gasteiger partial charge in [0.15, 0.2) is 0 Å². The molecule has 1 aromatic carbocycles. The van der Waals surface area contributed by atoms with E-state index in [4.69, 9.17) is 4.74 Å². The minimum Gasteiger partial charge on any atom is -0.490 e. The Morgan fingerprint density at radius 2 is 2.35 bits per heavy atom. The van der Waals surface area contributed by atoms with Gasteiger partial charge in [-0.15, -0.1) is 0 Å². The van der Waals surface area contributed by atoms with Crippen LogP contribution < -0.4 is 10.1 Å². The first-order chi connectivity index (χ1) is 9.85. The van der Waals surface area contributed by atoms with Crippen molar-refractivity contribution in [3.63, 3.8) is 0 Å². The smallest absolute Gasteiger partial charge is 0.120 e. The van der Waals surface area contributed by atoms with E-state index in [0.29, 0.717) is 12.1 Å². The average molecular weight is 273 g/mol. The third-order valence-corrected chi connectivity index (χ3v) is 4.02. The number of nitrogens with one attached hydrogen (secondary N) is 2. The van der Waals surface area contributed by atoms with Gasteiger partial charge in [0.25, 0.3) is 0 Å². The van der Waals surface area contributed by atoms with Crippen LogP contribution in [0.2, 0.25) is 0 Å². The van der Waals surface area contributed by atoms with Crippen molar-refractivity contribution >= 4 is 10.9 Å². The normalized spacial score (nSPS) is 23.1. The summed E-state index contributed by atoms with van der Waals surface area (Å²) in [5, 5.41) is 11.7. The molecule has 1 heterocycles. The number of fused-ring (bicyclic) bond motifs is 1. The third kappa shape index (κ3) is 3.12. The molecule has 0 amide bonds. The summed E-state index contributed by atoms with van der Waals surface area (Å²) in [5.41, 5.74) is 1.06. The Balaban J connectivity index is 1.61.